The van der Waals surface area contributed by atoms with E-state index < -0.39 is 11.3 Å². The average molecular weight is 375 g/mol. The number of aromatic hydroxyl groups is 1. The van der Waals surface area contributed by atoms with Gasteiger partial charge in [-0.2, -0.15) is 5.26 Å². The predicted octanol–water partition coefficient (Wildman–Crippen LogP) is 3.14. The Balaban J connectivity index is 2.73. The van der Waals surface area contributed by atoms with Gasteiger partial charge in [-0.25, -0.2) is 0 Å². The Labute approximate surface area is 141 Å². The third kappa shape index (κ3) is 3.06. The van der Waals surface area contributed by atoms with Gasteiger partial charge in [-0.05, 0) is 43.2 Å². The van der Waals surface area contributed by atoms with Gasteiger partial charge in [0.1, 0.15) is 11.6 Å². The molecule has 0 fully saturated rings. The number of hydrogen-bond donors (Lipinski definition) is 1. The maximum Gasteiger partial charge on any atom is 0.271 e. The molecule has 6 heteroatoms. The molecule has 1 N–H and O–H groups in total. The maximum atomic E-state index is 12.7. The van der Waals surface area contributed by atoms with Crippen LogP contribution in [0.5, 0.6) is 5.88 Å². The average Bonchev–Trinajstić information content (AvgIpc) is 2.52. The summed E-state index contributed by atoms with van der Waals surface area (Å²) in [6.07, 6.45) is 0.591. The molecule has 0 aliphatic rings. The summed E-state index contributed by atoms with van der Waals surface area (Å²) in [7, 11) is 0. The minimum atomic E-state index is -0.572. The van der Waals surface area contributed by atoms with E-state index in [-0.39, 0.29) is 29.1 Å². The highest BCUT2D eigenvalue weighted by Crippen LogP contribution is 2.25. The Kier molecular flexibility index (Phi) is 5.02. The Morgan fingerprint density at radius 1 is 1.35 bits per heavy atom. The zero-order chi connectivity index (χ0) is 17.1. The summed E-state index contributed by atoms with van der Waals surface area (Å²) in [5, 5.41) is 19.6. The molecule has 0 aliphatic carbocycles. The first kappa shape index (κ1) is 17.0. The molecular formula is C17H15BrN2O3. The molecular weight excluding hydrogens is 360 g/mol. The van der Waals surface area contributed by atoms with Crippen molar-refractivity contribution in [1.29, 1.82) is 5.26 Å². The number of nitriles is 1. The third-order valence-electron chi connectivity index (χ3n) is 3.58. The van der Waals surface area contributed by atoms with Gasteiger partial charge < -0.3 is 5.11 Å². The Morgan fingerprint density at radius 3 is 2.48 bits per heavy atom. The molecule has 2 rings (SSSR count). The summed E-state index contributed by atoms with van der Waals surface area (Å²) in [5.74, 6) is -0.810. The fourth-order valence-corrected chi connectivity index (χ4v) is 2.66. The van der Waals surface area contributed by atoms with Gasteiger partial charge in [0.15, 0.2) is 5.78 Å². The molecule has 2 aromatic rings. The lowest BCUT2D eigenvalue weighted by molar-refractivity contribution is 0.103. The highest BCUT2D eigenvalue weighted by molar-refractivity contribution is 9.10. The number of ketones is 1. The molecule has 0 atom stereocenters. The molecule has 0 saturated heterocycles. The van der Waals surface area contributed by atoms with Crippen molar-refractivity contribution in [2.24, 2.45) is 0 Å². The zero-order valence-corrected chi connectivity index (χ0v) is 14.3. The van der Waals surface area contributed by atoms with Crippen molar-refractivity contribution >= 4 is 21.7 Å². The normalized spacial score (nSPS) is 10.3. The number of carbonyl (C=O) groups is 1. The van der Waals surface area contributed by atoms with Gasteiger partial charge in [0, 0.05) is 16.6 Å². The van der Waals surface area contributed by atoms with E-state index in [0.717, 1.165) is 9.04 Å². The van der Waals surface area contributed by atoms with Crippen LogP contribution >= 0.6 is 15.9 Å². The van der Waals surface area contributed by atoms with Crippen LogP contribution in [0.1, 0.15) is 40.4 Å². The van der Waals surface area contributed by atoms with Crippen molar-refractivity contribution in [2.75, 3.05) is 0 Å². The number of aromatic nitrogens is 1. The van der Waals surface area contributed by atoms with E-state index >= 15 is 0 Å². The Morgan fingerprint density at radius 2 is 1.96 bits per heavy atom. The minimum Gasteiger partial charge on any atom is -0.494 e. The van der Waals surface area contributed by atoms with Gasteiger partial charge >= 0.3 is 0 Å². The second kappa shape index (κ2) is 6.80. The number of hydrogen-bond acceptors (Lipinski definition) is 4. The summed E-state index contributed by atoms with van der Waals surface area (Å²) in [6.45, 7) is 3.58. The molecule has 0 amide bonds. The van der Waals surface area contributed by atoms with E-state index in [2.05, 4.69) is 15.9 Å². The molecule has 0 spiro atoms. The summed E-state index contributed by atoms with van der Waals surface area (Å²) >= 11 is 3.30. The van der Waals surface area contributed by atoms with Gasteiger partial charge in [0.2, 0.25) is 5.88 Å². The van der Waals surface area contributed by atoms with Gasteiger partial charge in [-0.15, -0.1) is 0 Å². The number of benzene rings is 1. The van der Waals surface area contributed by atoms with E-state index in [4.69, 9.17) is 0 Å². The SMILES string of the molecule is CCCn1c(O)c(C(=O)c2ccc(Br)cc2)c(C)c(C#N)c1=O. The zero-order valence-electron chi connectivity index (χ0n) is 12.8. The van der Waals surface area contributed by atoms with E-state index in [0.29, 0.717) is 12.0 Å². The van der Waals surface area contributed by atoms with Crippen LogP contribution in [-0.4, -0.2) is 15.5 Å². The second-order valence-corrected chi connectivity index (χ2v) is 6.02. The van der Waals surface area contributed by atoms with Crippen LogP contribution in [-0.2, 0) is 6.54 Å². The number of halogens is 1. The molecule has 0 unspecified atom stereocenters. The molecule has 23 heavy (non-hydrogen) atoms. The quantitative estimate of drug-likeness (QED) is 0.833. The molecule has 118 valence electrons. The maximum absolute atomic E-state index is 12.7. The van der Waals surface area contributed by atoms with Crippen molar-refractivity contribution in [3.05, 3.63) is 61.3 Å². The van der Waals surface area contributed by atoms with Crippen LogP contribution in [0.2, 0.25) is 0 Å². The summed E-state index contributed by atoms with van der Waals surface area (Å²) < 4.78 is 1.90. The topological polar surface area (TPSA) is 83.1 Å². The lowest BCUT2D eigenvalue weighted by Crippen LogP contribution is -2.26. The number of rotatable bonds is 4. The summed E-state index contributed by atoms with van der Waals surface area (Å²) in [6, 6.07) is 8.51. The first-order chi connectivity index (χ1) is 10.9. The molecule has 1 aromatic heterocycles. The fourth-order valence-electron chi connectivity index (χ4n) is 2.40. The first-order valence-corrected chi connectivity index (χ1v) is 7.88. The van der Waals surface area contributed by atoms with Crippen molar-refractivity contribution in [2.45, 2.75) is 26.8 Å². The van der Waals surface area contributed by atoms with Crippen LogP contribution in [0.4, 0.5) is 0 Å². The van der Waals surface area contributed by atoms with Crippen LogP contribution < -0.4 is 5.56 Å². The standard InChI is InChI=1S/C17H15BrN2O3/c1-3-8-20-16(22)13(9-19)10(2)14(17(20)23)15(21)11-4-6-12(18)7-5-11/h4-7,23H,3,8H2,1-2H3. The number of nitrogens with zero attached hydrogens (tertiary/aromatic N) is 2. The molecule has 1 heterocycles. The fraction of sp³-hybridized carbons (Fsp3) is 0.235. The van der Waals surface area contributed by atoms with E-state index in [1.54, 1.807) is 24.3 Å². The van der Waals surface area contributed by atoms with Crippen LogP contribution in [0, 0.1) is 18.3 Å². The monoisotopic (exact) mass is 374 g/mol. The molecule has 5 nitrogen and oxygen atoms in total. The first-order valence-electron chi connectivity index (χ1n) is 7.09. The summed E-state index contributed by atoms with van der Waals surface area (Å²) in [4.78, 5) is 25.0. The molecule has 0 saturated carbocycles. The van der Waals surface area contributed by atoms with Gasteiger partial charge in [0.25, 0.3) is 5.56 Å². The van der Waals surface area contributed by atoms with Crippen molar-refractivity contribution in [3.8, 4) is 11.9 Å². The van der Waals surface area contributed by atoms with Crippen molar-refractivity contribution in [3.63, 3.8) is 0 Å². The Hall–Kier alpha value is -2.39. The summed E-state index contributed by atoms with van der Waals surface area (Å²) in [5.41, 5.74) is -0.113. The number of carbonyl (C=O) groups excluding carboxylic acids is 1. The molecule has 0 bridgehead atoms. The Bertz CT molecular complexity index is 861. The van der Waals surface area contributed by atoms with Gasteiger partial charge in [-0.1, -0.05) is 22.9 Å². The van der Waals surface area contributed by atoms with Gasteiger partial charge in [-0.3, -0.25) is 14.2 Å². The second-order valence-electron chi connectivity index (χ2n) is 5.10. The third-order valence-corrected chi connectivity index (χ3v) is 4.11. The molecule has 0 radical (unpaired) electrons. The van der Waals surface area contributed by atoms with Crippen LogP contribution in [0.3, 0.4) is 0 Å². The van der Waals surface area contributed by atoms with Crippen LogP contribution in [0.15, 0.2) is 33.5 Å². The van der Waals surface area contributed by atoms with Crippen molar-refractivity contribution in [1.82, 2.24) is 4.57 Å². The van der Waals surface area contributed by atoms with Crippen molar-refractivity contribution < 1.29 is 9.90 Å². The van der Waals surface area contributed by atoms with Gasteiger partial charge in [0.05, 0.1) is 5.56 Å². The lowest BCUT2D eigenvalue weighted by Gasteiger charge is -2.15. The highest BCUT2D eigenvalue weighted by atomic mass is 79.9. The molecule has 1 aromatic carbocycles. The smallest absolute Gasteiger partial charge is 0.271 e. The lowest BCUT2D eigenvalue weighted by atomic mass is 9.97. The minimum absolute atomic E-state index is 0.00285. The number of pyridine rings is 1. The van der Waals surface area contributed by atoms with Crippen LogP contribution in [0.25, 0.3) is 0 Å². The molecule has 0 aliphatic heterocycles. The largest absolute Gasteiger partial charge is 0.494 e. The van der Waals surface area contributed by atoms with E-state index in [9.17, 15) is 20.0 Å². The highest BCUT2D eigenvalue weighted by Gasteiger charge is 2.24. The van der Waals surface area contributed by atoms with E-state index in [1.807, 2.05) is 13.0 Å². The van der Waals surface area contributed by atoms with E-state index in [1.165, 1.54) is 6.92 Å². The predicted molar refractivity (Wildman–Crippen MR) is 89.7 cm³/mol.